The molecule has 0 spiro atoms. The van der Waals surface area contributed by atoms with Gasteiger partial charge in [-0.3, -0.25) is 0 Å². The monoisotopic (exact) mass is 638 g/mol. The molecule has 0 amide bonds. The summed E-state index contributed by atoms with van der Waals surface area (Å²) in [4.78, 5) is 66.0. The molecule has 0 aliphatic heterocycles. The predicted molar refractivity (Wildman–Crippen MR) is 88.6 cm³/mol. The van der Waals surface area contributed by atoms with E-state index in [1.165, 1.54) is 0 Å². The molecule has 0 aromatic heterocycles. The van der Waals surface area contributed by atoms with Crippen molar-refractivity contribution < 1.29 is 75.1 Å². The molecule has 0 aliphatic rings. The van der Waals surface area contributed by atoms with Crippen LogP contribution in [0.25, 0.3) is 0 Å². The molecule has 0 N–H and O–H groups in total. The van der Waals surface area contributed by atoms with Crippen LogP contribution in [0.1, 0.15) is 0 Å². The van der Waals surface area contributed by atoms with Crippen molar-refractivity contribution in [2.75, 3.05) is 0 Å². The van der Waals surface area contributed by atoms with Crippen molar-refractivity contribution in [2.45, 2.75) is 0 Å². The summed E-state index contributed by atoms with van der Waals surface area (Å²) >= 11 is 0. The molecule has 0 bridgehead atoms. The number of rotatable bonds is 0. The Morgan fingerprint density at radius 2 is 0.257 bits per heavy atom. The molecule has 35 heteroatoms. The average Bonchev–Trinajstić information content (AvgIpc) is 2.30. The molecule has 0 atom stereocenters. The Hall–Kier alpha value is -4.82. The Morgan fingerprint density at radius 1 is 0.257 bits per heavy atom. The first-order chi connectivity index (χ1) is 13.9. The Balaban J connectivity index is -0.0000000206. The van der Waals surface area contributed by atoms with Gasteiger partial charge in [-0.05, 0) is 0 Å². The zero-order chi connectivity index (χ0) is 28.6. The summed E-state index contributed by atoms with van der Waals surface area (Å²) in [5.74, 6) is 0. The summed E-state index contributed by atoms with van der Waals surface area (Å²) in [6.45, 7) is 0. The molecular formula is AlCrCuN8O24. The van der Waals surface area contributed by atoms with Gasteiger partial charge in [0, 0.05) is 0 Å². The van der Waals surface area contributed by atoms with Gasteiger partial charge in [-0.25, -0.2) is 0 Å². The minimum atomic E-state index is -1.75. The Labute approximate surface area is 215 Å². The van der Waals surface area contributed by atoms with E-state index in [-0.39, 0.29) is 51.8 Å². The van der Waals surface area contributed by atoms with Crippen LogP contribution in [-0.2, 0) is 34.4 Å². The Bertz CT molecular complexity index is 374. The summed E-state index contributed by atoms with van der Waals surface area (Å²) in [7, 11) is 0. The third kappa shape index (κ3) is 930. The van der Waals surface area contributed by atoms with Crippen LogP contribution in [0.2, 0.25) is 0 Å². The van der Waals surface area contributed by atoms with Crippen LogP contribution < -0.4 is 0 Å². The smallest absolute Gasteiger partial charge is 0.356 e. The van der Waals surface area contributed by atoms with Gasteiger partial charge in [0.1, 0.15) is 0 Å². The first-order valence-corrected chi connectivity index (χ1v) is 4.38. The molecule has 0 saturated carbocycles. The first-order valence-electron chi connectivity index (χ1n) is 4.38. The van der Waals surface area contributed by atoms with Crippen LogP contribution in [0.5, 0.6) is 0 Å². The topological polar surface area (TPSA) is 530 Å². The van der Waals surface area contributed by atoms with E-state index in [0.29, 0.717) is 0 Å². The molecule has 2 radical (unpaired) electrons. The summed E-state index contributed by atoms with van der Waals surface area (Å²) in [5, 5.41) is 118. The fourth-order valence-corrected chi connectivity index (χ4v) is 0. The van der Waals surface area contributed by atoms with Crippen LogP contribution in [-0.4, -0.2) is 58.1 Å². The van der Waals surface area contributed by atoms with Crippen LogP contribution in [0.15, 0.2) is 0 Å². The molecule has 0 rings (SSSR count). The van der Waals surface area contributed by atoms with Gasteiger partial charge in [0.2, 0.25) is 0 Å². The first kappa shape index (κ1) is 69.9. The number of nitrogens with zero attached hydrogens (tertiary/aromatic N) is 8. The SMILES string of the molecule is O=[N+]([O-])[O-].O=[N+]([O-])[O-].O=[N+]([O-])[O-].O=[N+]([O-])[O-].O=[N+]([O-])[O-].O=[N+]([O-])[O-].O=[N+]([O-])[O-].O=[N+]([O-])[O-].[Al+3].[Cr+3].[Cu+2]. The molecular weight excluding hydrogens is 639 g/mol. The minimum absolute atomic E-state index is 0. The van der Waals surface area contributed by atoms with Gasteiger partial charge >= 0.3 is 51.8 Å². The number of hydrogen-bond acceptors (Lipinski definition) is 24. The van der Waals surface area contributed by atoms with Gasteiger partial charge in [0.15, 0.2) is 0 Å². The maximum absolute atomic E-state index is 8.25. The third-order valence-corrected chi connectivity index (χ3v) is 0. The van der Waals surface area contributed by atoms with Gasteiger partial charge in [0.25, 0.3) is 0 Å². The molecule has 32 nitrogen and oxygen atoms in total. The minimum Gasteiger partial charge on any atom is -0.356 e. The van der Waals surface area contributed by atoms with Gasteiger partial charge in [-0.15, -0.1) is 0 Å². The molecule has 0 unspecified atom stereocenters. The van der Waals surface area contributed by atoms with E-state index < -0.39 is 40.7 Å². The molecule has 0 saturated heterocycles. The van der Waals surface area contributed by atoms with Crippen molar-refractivity contribution in [3.05, 3.63) is 123 Å². The van der Waals surface area contributed by atoms with E-state index in [1.807, 2.05) is 0 Å². The average molecular weight is 639 g/mol. The summed E-state index contributed by atoms with van der Waals surface area (Å²) in [5.41, 5.74) is 0. The largest absolute Gasteiger partial charge is 3.00 e. The fraction of sp³-hybridized carbons (Fsp3) is 0. The maximum Gasteiger partial charge on any atom is 3.00 e. The van der Waals surface area contributed by atoms with E-state index in [9.17, 15) is 0 Å². The van der Waals surface area contributed by atoms with Gasteiger partial charge in [-0.1, -0.05) is 0 Å². The molecule has 0 aromatic rings. The molecule has 0 aromatic carbocycles. The van der Waals surface area contributed by atoms with Crippen molar-refractivity contribution in [3.63, 3.8) is 0 Å². The molecule has 35 heavy (non-hydrogen) atoms. The van der Waals surface area contributed by atoms with Gasteiger partial charge in [0.05, 0.1) is 40.7 Å². The van der Waals surface area contributed by atoms with Crippen LogP contribution >= 0.6 is 0 Å². The van der Waals surface area contributed by atoms with Crippen molar-refractivity contribution in [3.8, 4) is 0 Å². The molecule has 204 valence electrons. The Kier molecular flexibility index (Phi) is 126. The molecule has 0 aliphatic carbocycles. The van der Waals surface area contributed by atoms with Crippen molar-refractivity contribution >= 4 is 17.4 Å². The summed E-state index contributed by atoms with van der Waals surface area (Å²) in [6, 6.07) is 0. The normalized spacial score (nSPS) is 5.49. The fourth-order valence-electron chi connectivity index (χ4n) is 0. The van der Waals surface area contributed by atoms with E-state index in [2.05, 4.69) is 0 Å². The van der Waals surface area contributed by atoms with Gasteiger partial charge < -0.3 is 123 Å². The van der Waals surface area contributed by atoms with Gasteiger partial charge in [-0.2, -0.15) is 0 Å². The molecule has 0 fully saturated rings. The number of hydrogen-bond donors (Lipinski definition) is 0. The second-order valence-electron chi connectivity index (χ2n) is 1.79. The van der Waals surface area contributed by atoms with E-state index in [1.54, 1.807) is 0 Å². The maximum atomic E-state index is 8.25. The van der Waals surface area contributed by atoms with Crippen molar-refractivity contribution in [1.29, 1.82) is 0 Å². The second kappa shape index (κ2) is 63.0. The van der Waals surface area contributed by atoms with Crippen LogP contribution in [0, 0.1) is 123 Å². The Morgan fingerprint density at radius 3 is 0.257 bits per heavy atom. The quantitative estimate of drug-likeness (QED) is 0.153. The summed E-state index contributed by atoms with van der Waals surface area (Å²) < 4.78 is 0. The third-order valence-electron chi connectivity index (χ3n) is 0. The zero-order valence-electron chi connectivity index (χ0n) is 14.7. The van der Waals surface area contributed by atoms with Crippen molar-refractivity contribution in [1.82, 2.24) is 0 Å². The second-order valence-corrected chi connectivity index (χ2v) is 1.79. The van der Waals surface area contributed by atoms with E-state index in [0.717, 1.165) is 0 Å². The van der Waals surface area contributed by atoms with E-state index in [4.69, 9.17) is 123 Å². The van der Waals surface area contributed by atoms with Crippen molar-refractivity contribution in [2.24, 2.45) is 0 Å². The zero-order valence-corrected chi connectivity index (χ0v) is 18.0. The van der Waals surface area contributed by atoms with E-state index >= 15 is 0 Å². The van der Waals surface area contributed by atoms with Crippen LogP contribution in [0.4, 0.5) is 0 Å². The molecule has 0 heterocycles. The predicted octanol–water partition coefficient (Wildman–Crippen LogP) is -2.30. The summed E-state index contributed by atoms with van der Waals surface area (Å²) in [6.07, 6.45) is 0. The van der Waals surface area contributed by atoms with Crippen LogP contribution in [0.3, 0.4) is 0 Å². The standard InChI is InChI=1S/Al.Cr.Cu.8NO3/c;;;8*2-1(3)4/q2*+3;+2;8*-1.